The fourth-order valence-corrected chi connectivity index (χ4v) is 1.81. The predicted molar refractivity (Wildman–Crippen MR) is 70.0 cm³/mol. The fourth-order valence-electron chi connectivity index (χ4n) is 1.81. The number of rotatable bonds is 1. The summed E-state index contributed by atoms with van der Waals surface area (Å²) in [6.45, 7) is 3.36. The number of benzene rings is 1. The summed E-state index contributed by atoms with van der Waals surface area (Å²) in [4.78, 5) is 20.6. The minimum Gasteiger partial charge on any atom is -0.473 e. The number of hydrogen-bond donors (Lipinski definition) is 3. The predicted octanol–water partition coefficient (Wildman–Crippen LogP) is 0.418. The summed E-state index contributed by atoms with van der Waals surface area (Å²) < 4.78 is 0. The SMILES string of the molecule is CN1CCNC(c2ccccc2)C1.O=C(O)C(=O)O. The van der Waals surface area contributed by atoms with Gasteiger partial charge in [0.25, 0.3) is 0 Å². The van der Waals surface area contributed by atoms with Gasteiger partial charge in [-0.3, -0.25) is 0 Å². The Balaban J connectivity index is 0.000000258. The minimum atomic E-state index is -1.82. The van der Waals surface area contributed by atoms with E-state index in [1.165, 1.54) is 5.56 Å². The third-order valence-electron chi connectivity index (χ3n) is 2.76. The summed E-state index contributed by atoms with van der Waals surface area (Å²) in [5.41, 5.74) is 1.40. The van der Waals surface area contributed by atoms with Crippen LogP contribution in [0.1, 0.15) is 11.6 Å². The molecular weight excluding hydrogens is 248 g/mol. The van der Waals surface area contributed by atoms with Gasteiger partial charge in [0, 0.05) is 25.7 Å². The number of likely N-dealkylation sites (N-methyl/N-ethyl adjacent to an activating group) is 1. The van der Waals surface area contributed by atoms with Crippen molar-refractivity contribution in [1.82, 2.24) is 10.2 Å². The number of piperazine rings is 1. The zero-order valence-electron chi connectivity index (χ0n) is 10.7. The molecular formula is C13H18N2O4. The highest BCUT2D eigenvalue weighted by Gasteiger charge is 2.17. The average Bonchev–Trinajstić information content (AvgIpc) is 2.40. The maximum atomic E-state index is 9.10. The van der Waals surface area contributed by atoms with E-state index in [2.05, 4.69) is 47.6 Å². The third kappa shape index (κ3) is 5.50. The molecule has 3 N–H and O–H groups in total. The largest absolute Gasteiger partial charge is 0.473 e. The van der Waals surface area contributed by atoms with Crippen molar-refractivity contribution in [2.24, 2.45) is 0 Å². The first-order valence-electron chi connectivity index (χ1n) is 5.93. The van der Waals surface area contributed by atoms with E-state index in [1.54, 1.807) is 0 Å². The van der Waals surface area contributed by atoms with Crippen LogP contribution >= 0.6 is 0 Å². The molecule has 0 amide bonds. The molecule has 1 aromatic rings. The van der Waals surface area contributed by atoms with E-state index < -0.39 is 11.9 Å². The second-order valence-corrected chi connectivity index (χ2v) is 4.29. The van der Waals surface area contributed by atoms with Crippen LogP contribution in [0, 0.1) is 0 Å². The molecule has 19 heavy (non-hydrogen) atoms. The molecule has 104 valence electrons. The van der Waals surface area contributed by atoms with E-state index >= 15 is 0 Å². The number of nitrogens with zero attached hydrogens (tertiary/aromatic N) is 1. The van der Waals surface area contributed by atoms with Gasteiger partial charge < -0.3 is 20.4 Å². The maximum absolute atomic E-state index is 9.10. The van der Waals surface area contributed by atoms with Gasteiger partial charge in [0.15, 0.2) is 0 Å². The first-order chi connectivity index (χ1) is 9.00. The van der Waals surface area contributed by atoms with E-state index in [9.17, 15) is 0 Å². The van der Waals surface area contributed by atoms with Crippen molar-refractivity contribution in [2.75, 3.05) is 26.7 Å². The van der Waals surface area contributed by atoms with Crippen LogP contribution in [0.3, 0.4) is 0 Å². The minimum absolute atomic E-state index is 0.514. The fraction of sp³-hybridized carbons (Fsp3) is 0.385. The molecule has 0 radical (unpaired) electrons. The van der Waals surface area contributed by atoms with Gasteiger partial charge >= 0.3 is 11.9 Å². The molecule has 0 saturated carbocycles. The molecule has 0 aliphatic carbocycles. The van der Waals surface area contributed by atoms with Crippen molar-refractivity contribution in [3.05, 3.63) is 35.9 Å². The van der Waals surface area contributed by atoms with Gasteiger partial charge in [-0.2, -0.15) is 0 Å². The summed E-state index contributed by atoms with van der Waals surface area (Å²) in [6, 6.07) is 11.2. The molecule has 0 aromatic heterocycles. The van der Waals surface area contributed by atoms with Gasteiger partial charge in [-0.1, -0.05) is 30.3 Å². The van der Waals surface area contributed by atoms with Gasteiger partial charge in [-0.05, 0) is 12.6 Å². The number of aliphatic carboxylic acids is 2. The molecule has 0 spiro atoms. The first-order valence-corrected chi connectivity index (χ1v) is 5.93. The Bertz CT molecular complexity index is 410. The topological polar surface area (TPSA) is 89.9 Å². The molecule has 1 atom stereocenters. The van der Waals surface area contributed by atoms with E-state index in [0.29, 0.717) is 6.04 Å². The molecule has 1 aromatic carbocycles. The van der Waals surface area contributed by atoms with Crippen molar-refractivity contribution < 1.29 is 19.8 Å². The lowest BCUT2D eigenvalue weighted by atomic mass is 10.1. The van der Waals surface area contributed by atoms with E-state index in [1.807, 2.05) is 0 Å². The van der Waals surface area contributed by atoms with Crippen LogP contribution in [-0.2, 0) is 9.59 Å². The zero-order valence-corrected chi connectivity index (χ0v) is 10.7. The van der Waals surface area contributed by atoms with Crippen molar-refractivity contribution in [3.63, 3.8) is 0 Å². The highest BCUT2D eigenvalue weighted by molar-refractivity contribution is 6.27. The normalized spacial score (nSPS) is 19.1. The van der Waals surface area contributed by atoms with Crippen LogP contribution < -0.4 is 5.32 Å². The summed E-state index contributed by atoms with van der Waals surface area (Å²) in [5, 5.41) is 18.3. The van der Waals surface area contributed by atoms with Gasteiger partial charge in [0.05, 0.1) is 0 Å². The van der Waals surface area contributed by atoms with Crippen LogP contribution in [0.5, 0.6) is 0 Å². The third-order valence-corrected chi connectivity index (χ3v) is 2.76. The Hall–Kier alpha value is -1.92. The lowest BCUT2D eigenvalue weighted by Gasteiger charge is -2.31. The lowest BCUT2D eigenvalue weighted by Crippen LogP contribution is -2.43. The molecule has 6 nitrogen and oxygen atoms in total. The standard InChI is InChI=1S/C11H16N2.C2H2O4/c1-13-8-7-12-11(9-13)10-5-3-2-4-6-10;3-1(4)2(5)6/h2-6,11-12H,7-9H2,1H3;(H,3,4)(H,5,6). The number of hydrogen-bond acceptors (Lipinski definition) is 4. The Morgan fingerprint density at radius 3 is 2.26 bits per heavy atom. The Morgan fingerprint density at radius 1 is 1.21 bits per heavy atom. The highest BCUT2D eigenvalue weighted by atomic mass is 16.4. The molecule has 1 aliphatic heterocycles. The highest BCUT2D eigenvalue weighted by Crippen LogP contribution is 2.15. The number of carboxylic acids is 2. The van der Waals surface area contributed by atoms with E-state index in [-0.39, 0.29) is 0 Å². The quantitative estimate of drug-likeness (QED) is 0.638. The summed E-state index contributed by atoms with van der Waals surface area (Å²) in [5.74, 6) is -3.65. The van der Waals surface area contributed by atoms with Crippen LogP contribution in [-0.4, -0.2) is 53.7 Å². The van der Waals surface area contributed by atoms with Crippen LogP contribution in [0.15, 0.2) is 30.3 Å². The Kier molecular flexibility index (Phi) is 5.98. The number of carbonyl (C=O) groups is 2. The molecule has 6 heteroatoms. The van der Waals surface area contributed by atoms with Crippen molar-refractivity contribution in [1.29, 1.82) is 0 Å². The van der Waals surface area contributed by atoms with E-state index in [4.69, 9.17) is 19.8 Å². The average molecular weight is 266 g/mol. The summed E-state index contributed by atoms with van der Waals surface area (Å²) in [6.07, 6.45) is 0. The van der Waals surface area contributed by atoms with Crippen LogP contribution in [0.25, 0.3) is 0 Å². The summed E-state index contributed by atoms with van der Waals surface area (Å²) in [7, 11) is 2.18. The molecule has 1 aliphatic rings. The monoisotopic (exact) mass is 266 g/mol. The number of carboxylic acid groups (broad SMARTS) is 2. The second kappa shape index (κ2) is 7.50. The van der Waals surface area contributed by atoms with Crippen molar-refractivity contribution in [3.8, 4) is 0 Å². The Morgan fingerprint density at radius 2 is 1.79 bits per heavy atom. The van der Waals surface area contributed by atoms with Crippen LogP contribution in [0.2, 0.25) is 0 Å². The molecule has 0 bridgehead atoms. The lowest BCUT2D eigenvalue weighted by molar-refractivity contribution is -0.159. The summed E-state index contributed by atoms with van der Waals surface area (Å²) >= 11 is 0. The van der Waals surface area contributed by atoms with Gasteiger partial charge in [0.2, 0.25) is 0 Å². The molecule has 1 heterocycles. The van der Waals surface area contributed by atoms with Crippen LogP contribution in [0.4, 0.5) is 0 Å². The second-order valence-electron chi connectivity index (χ2n) is 4.29. The molecule has 1 fully saturated rings. The van der Waals surface area contributed by atoms with Crippen molar-refractivity contribution in [2.45, 2.75) is 6.04 Å². The Labute approximate surface area is 111 Å². The number of nitrogens with one attached hydrogen (secondary N) is 1. The van der Waals surface area contributed by atoms with Crippen molar-refractivity contribution >= 4 is 11.9 Å². The first kappa shape index (κ1) is 15.1. The smallest absolute Gasteiger partial charge is 0.414 e. The molecule has 1 saturated heterocycles. The van der Waals surface area contributed by atoms with E-state index in [0.717, 1.165) is 19.6 Å². The zero-order chi connectivity index (χ0) is 14.3. The maximum Gasteiger partial charge on any atom is 0.414 e. The van der Waals surface area contributed by atoms with Gasteiger partial charge in [-0.15, -0.1) is 0 Å². The van der Waals surface area contributed by atoms with Gasteiger partial charge in [-0.25, -0.2) is 9.59 Å². The van der Waals surface area contributed by atoms with Gasteiger partial charge in [0.1, 0.15) is 0 Å². The molecule has 1 unspecified atom stereocenters. The molecule has 2 rings (SSSR count).